The fourth-order valence-corrected chi connectivity index (χ4v) is 4.20. The zero-order valence-corrected chi connectivity index (χ0v) is 17.6. The SMILES string of the molecule is Cc1cc(NCc2ccc(CN3CCOCC3)cc2)n2c(nc3ccccc32)c1C#N. The van der Waals surface area contributed by atoms with Gasteiger partial charge in [-0.3, -0.25) is 9.30 Å². The highest BCUT2D eigenvalue weighted by Crippen LogP contribution is 2.27. The lowest BCUT2D eigenvalue weighted by Gasteiger charge is -2.26. The topological polar surface area (TPSA) is 65.6 Å². The molecule has 1 aliphatic heterocycles. The fraction of sp³-hybridized carbons (Fsp3) is 0.280. The normalized spacial score (nSPS) is 14.7. The summed E-state index contributed by atoms with van der Waals surface area (Å²) < 4.78 is 7.48. The van der Waals surface area contributed by atoms with Gasteiger partial charge in [-0.05, 0) is 41.8 Å². The number of nitrogens with one attached hydrogen (secondary N) is 1. The molecule has 31 heavy (non-hydrogen) atoms. The largest absolute Gasteiger partial charge is 0.379 e. The zero-order chi connectivity index (χ0) is 21.2. The molecule has 0 radical (unpaired) electrons. The summed E-state index contributed by atoms with van der Waals surface area (Å²) in [6.07, 6.45) is 0. The molecule has 6 heteroatoms. The van der Waals surface area contributed by atoms with Gasteiger partial charge in [0.25, 0.3) is 0 Å². The van der Waals surface area contributed by atoms with Gasteiger partial charge in [0.2, 0.25) is 0 Å². The Morgan fingerprint density at radius 2 is 1.81 bits per heavy atom. The first-order valence-electron chi connectivity index (χ1n) is 10.7. The predicted molar refractivity (Wildman–Crippen MR) is 122 cm³/mol. The molecule has 0 aliphatic carbocycles. The minimum absolute atomic E-state index is 0.620. The molecule has 0 saturated carbocycles. The Balaban J connectivity index is 1.39. The van der Waals surface area contributed by atoms with Crippen molar-refractivity contribution in [3.8, 4) is 6.07 Å². The van der Waals surface area contributed by atoms with E-state index >= 15 is 0 Å². The van der Waals surface area contributed by atoms with Crippen molar-refractivity contribution in [2.24, 2.45) is 0 Å². The lowest BCUT2D eigenvalue weighted by molar-refractivity contribution is 0.0342. The van der Waals surface area contributed by atoms with E-state index in [2.05, 4.69) is 40.6 Å². The number of aromatic nitrogens is 2. The number of nitriles is 1. The van der Waals surface area contributed by atoms with Crippen LogP contribution >= 0.6 is 0 Å². The maximum atomic E-state index is 9.65. The molecule has 1 fully saturated rings. The van der Waals surface area contributed by atoms with Crippen LogP contribution in [0.4, 0.5) is 5.82 Å². The highest BCUT2D eigenvalue weighted by molar-refractivity contribution is 5.85. The van der Waals surface area contributed by atoms with Crippen LogP contribution in [0.2, 0.25) is 0 Å². The molecule has 156 valence electrons. The smallest absolute Gasteiger partial charge is 0.157 e. The van der Waals surface area contributed by atoms with Crippen LogP contribution in [0.3, 0.4) is 0 Å². The number of imidazole rings is 1. The third-order valence-electron chi connectivity index (χ3n) is 5.89. The Morgan fingerprint density at radius 3 is 2.58 bits per heavy atom. The summed E-state index contributed by atoms with van der Waals surface area (Å²) in [4.78, 5) is 7.14. The van der Waals surface area contributed by atoms with Gasteiger partial charge in [0.05, 0.1) is 29.8 Å². The van der Waals surface area contributed by atoms with Crippen LogP contribution in [0.5, 0.6) is 0 Å². The molecule has 1 saturated heterocycles. The molecule has 0 unspecified atom stereocenters. The molecule has 6 nitrogen and oxygen atoms in total. The maximum absolute atomic E-state index is 9.65. The van der Waals surface area contributed by atoms with Gasteiger partial charge in [-0.25, -0.2) is 4.98 Å². The molecule has 2 aromatic carbocycles. The van der Waals surface area contributed by atoms with Crippen molar-refractivity contribution in [1.82, 2.24) is 14.3 Å². The summed E-state index contributed by atoms with van der Waals surface area (Å²) in [6.45, 7) is 7.26. The third kappa shape index (κ3) is 3.86. The number of pyridine rings is 1. The highest BCUT2D eigenvalue weighted by Gasteiger charge is 2.15. The number of rotatable bonds is 5. The Morgan fingerprint density at radius 1 is 1.06 bits per heavy atom. The van der Waals surface area contributed by atoms with Crippen LogP contribution in [0.15, 0.2) is 54.6 Å². The molecule has 0 atom stereocenters. The van der Waals surface area contributed by atoms with E-state index in [1.165, 1.54) is 11.1 Å². The van der Waals surface area contributed by atoms with Crippen molar-refractivity contribution in [3.05, 3.63) is 76.9 Å². The van der Waals surface area contributed by atoms with Crippen molar-refractivity contribution in [1.29, 1.82) is 5.26 Å². The van der Waals surface area contributed by atoms with Crippen molar-refractivity contribution >= 4 is 22.5 Å². The van der Waals surface area contributed by atoms with Crippen LogP contribution in [-0.2, 0) is 17.8 Å². The Labute approximate surface area is 181 Å². The number of para-hydroxylation sites is 2. The van der Waals surface area contributed by atoms with Gasteiger partial charge in [-0.2, -0.15) is 5.26 Å². The number of ether oxygens (including phenoxy) is 1. The van der Waals surface area contributed by atoms with Crippen LogP contribution in [0.1, 0.15) is 22.3 Å². The number of nitrogens with zero attached hydrogens (tertiary/aromatic N) is 4. The quantitative estimate of drug-likeness (QED) is 0.535. The molecule has 0 amide bonds. The maximum Gasteiger partial charge on any atom is 0.157 e. The van der Waals surface area contributed by atoms with Crippen molar-refractivity contribution in [3.63, 3.8) is 0 Å². The van der Waals surface area contributed by atoms with E-state index in [0.29, 0.717) is 17.8 Å². The summed E-state index contributed by atoms with van der Waals surface area (Å²) in [7, 11) is 0. The summed E-state index contributed by atoms with van der Waals surface area (Å²) in [5.74, 6) is 0.942. The average Bonchev–Trinajstić information content (AvgIpc) is 3.18. The van der Waals surface area contributed by atoms with Gasteiger partial charge in [0, 0.05) is 26.2 Å². The molecule has 2 aromatic heterocycles. The molecule has 0 spiro atoms. The molecule has 4 aromatic rings. The fourth-order valence-electron chi connectivity index (χ4n) is 4.20. The van der Waals surface area contributed by atoms with E-state index in [9.17, 15) is 5.26 Å². The number of fused-ring (bicyclic) bond motifs is 3. The number of morpholine rings is 1. The first kappa shape index (κ1) is 19.6. The highest BCUT2D eigenvalue weighted by atomic mass is 16.5. The standard InChI is InChI=1S/C25H25N5O/c1-18-14-24(30-23-5-3-2-4-22(23)28-25(30)21(18)15-26)27-16-19-6-8-20(9-7-19)17-29-10-12-31-13-11-29/h2-9,14,27H,10-13,16-17H2,1H3. The number of aryl methyl sites for hydroxylation is 1. The molecule has 0 bridgehead atoms. The van der Waals surface area contributed by atoms with E-state index in [-0.39, 0.29) is 0 Å². The minimum atomic E-state index is 0.620. The van der Waals surface area contributed by atoms with E-state index < -0.39 is 0 Å². The van der Waals surface area contributed by atoms with Gasteiger partial charge in [0.1, 0.15) is 11.9 Å². The molecular weight excluding hydrogens is 386 g/mol. The zero-order valence-electron chi connectivity index (χ0n) is 17.6. The lowest BCUT2D eigenvalue weighted by atomic mass is 10.1. The van der Waals surface area contributed by atoms with Crippen LogP contribution < -0.4 is 5.32 Å². The van der Waals surface area contributed by atoms with Crippen LogP contribution in [0, 0.1) is 18.3 Å². The number of benzene rings is 2. The third-order valence-corrected chi connectivity index (χ3v) is 5.89. The molecule has 5 rings (SSSR count). The Kier molecular flexibility index (Phi) is 5.29. The van der Waals surface area contributed by atoms with E-state index in [0.717, 1.165) is 55.3 Å². The monoisotopic (exact) mass is 411 g/mol. The first-order chi connectivity index (χ1) is 15.2. The van der Waals surface area contributed by atoms with Crippen molar-refractivity contribution in [2.45, 2.75) is 20.0 Å². The van der Waals surface area contributed by atoms with Crippen LogP contribution in [0.25, 0.3) is 16.7 Å². The Bertz CT molecular complexity index is 1260. The molecule has 1 N–H and O–H groups in total. The van der Waals surface area contributed by atoms with Gasteiger partial charge < -0.3 is 10.1 Å². The number of anilines is 1. The van der Waals surface area contributed by atoms with Gasteiger partial charge >= 0.3 is 0 Å². The van der Waals surface area contributed by atoms with E-state index in [4.69, 9.17) is 9.72 Å². The average molecular weight is 412 g/mol. The molecule has 3 heterocycles. The van der Waals surface area contributed by atoms with Crippen molar-refractivity contribution in [2.75, 3.05) is 31.6 Å². The number of hydrogen-bond acceptors (Lipinski definition) is 5. The van der Waals surface area contributed by atoms with Gasteiger partial charge in [0.15, 0.2) is 5.65 Å². The summed E-state index contributed by atoms with van der Waals surface area (Å²) in [5, 5.41) is 13.2. The lowest BCUT2D eigenvalue weighted by Crippen LogP contribution is -2.35. The molecular formula is C25H25N5O. The first-order valence-corrected chi connectivity index (χ1v) is 10.7. The minimum Gasteiger partial charge on any atom is -0.379 e. The second kappa shape index (κ2) is 8.38. The van der Waals surface area contributed by atoms with Gasteiger partial charge in [-0.1, -0.05) is 36.4 Å². The van der Waals surface area contributed by atoms with Crippen LogP contribution in [-0.4, -0.2) is 40.6 Å². The second-order valence-corrected chi connectivity index (χ2v) is 8.02. The van der Waals surface area contributed by atoms with Crippen molar-refractivity contribution < 1.29 is 4.74 Å². The van der Waals surface area contributed by atoms with Gasteiger partial charge in [-0.15, -0.1) is 0 Å². The summed E-state index contributed by atoms with van der Waals surface area (Å²) in [6, 6.07) is 21.1. The number of hydrogen-bond donors (Lipinski definition) is 1. The Hall–Kier alpha value is -3.40. The predicted octanol–water partition coefficient (Wildman–Crippen LogP) is 4.11. The van der Waals surface area contributed by atoms with E-state index in [1.54, 1.807) is 0 Å². The molecule has 1 aliphatic rings. The van der Waals surface area contributed by atoms with E-state index in [1.807, 2.05) is 41.7 Å². The summed E-state index contributed by atoms with van der Waals surface area (Å²) in [5.41, 5.74) is 6.67. The summed E-state index contributed by atoms with van der Waals surface area (Å²) >= 11 is 0. The second-order valence-electron chi connectivity index (χ2n) is 8.02.